The normalized spacial score (nSPS) is 18.4. The van der Waals surface area contributed by atoms with Gasteiger partial charge in [-0.05, 0) is 48.4 Å². The van der Waals surface area contributed by atoms with Gasteiger partial charge in [-0.2, -0.15) is 0 Å². The van der Waals surface area contributed by atoms with E-state index in [1.165, 1.54) is 56.9 Å². The van der Waals surface area contributed by atoms with Crippen LogP contribution in [0.1, 0.15) is 56.6 Å². The molecule has 1 aliphatic rings. The molecule has 0 aliphatic heterocycles. The first-order valence-corrected chi connectivity index (χ1v) is 7.49. The van der Waals surface area contributed by atoms with Crippen molar-refractivity contribution in [2.24, 2.45) is 5.92 Å². The first kappa shape index (κ1) is 13.5. The van der Waals surface area contributed by atoms with Crippen molar-refractivity contribution in [2.75, 3.05) is 7.11 Å². The van der Waals surface area contributed by atoms with Crippen LogP contribution in [0.2, 0.25) is 0 Å². The molecule has 0 aromatic heterocycles. The first-order valence-electron chi connectivity index (χ1n) is 7.49. The minimum Gasteiger partial charge on any atom is -0.497 e. The van der Waals surface area contributed by atoms with Gasteiger partial charge in [-0.25, -0.2) is 0 Å². The molecule has 100 valence electrons. The van der Waals surface area contributed by atoms with Crippen LogP contribution in [0, 0.1) is 5.92 Å². The lowest BCUT2D eigenvalue weighted by Gasteiger charge is -2.25. The largest absolute Gasteiger partial charge is 0.497 e. The summed E-state index contributed by atoms with van der Waals surface area (Å²) in [4.78, 5) is 0. The molecule has 1 atom stereocenters. The Bertz CT molecular complexity index is 370. The Morgan fingerprint density at radius 2 is 2.06 bits per heavy atom. The third-order valence-electron chi connectivity index (χ3n) is 4.21. The van der Waals surface area contributed by atoms with E-state index in [0.29, 0.717) is 0 Å². The monoisotopic (exact) mass is 246 g/mol. The van der Waals surface area contributed by atoms with E-state index in [0.717, 1.165) is 11.7 Å². The fourth-order valence-corrected chi connectivity index (χ4v) is 3.04. The number of hydrogen-bond donors (Lipinski definition) is 0. The van der Waals surface area contributed by atoms with E-state index in [-0.39, 0.29) is 0 Å². The smallest absolute Gasteiger partial charge is 0.119 e. The molecule has 1 aromatic rings. The number of benzene rings is 1. The summed E-state index contributed by atoms with van der Waals surface area (Å²) < 4.78 is 5.33. The second kappa shape index (κ2) is 6.82. The Labute approximate surface area is 112 Å². The van der Waals surface area contributed by atoms with Crippen LogP contribution in [0.3, 0.4) is 0 Å². The van der Waals surface area contributed by atoms with E-state index in [1.54, 1.807) is 12.7 Å². The highest BCUT2D eigenvalue weighted by molar-refractivity contribution is 5.37. The van der Waals surface area contributed by atoms with Crippen LogP contribution < -0.4 is 4.74 Å². The minimum absolute atomic E-state index is 0.904. The minimum atomic E-state index is 0.904. The van der Waals surface area contributed by atoms with Gasteiger partial charge in [0.1, 0.15) is 5.75 Å². The fourth-order valence-electron chi connectivity index (χ4n) is 3.04. The zero-order chi connectivity index (χ0) is 12.8. The lowest BCUT2D eigenvalue weighted by atomic mass is 9.81. The van der Waals surface area contributed by atoms with Crippen molar-refractivity contribution in [3.05, 3.63) is 29.3 Å². The summed E-state index contributed by atoms with van der Waals surface area (Å²) >= 11 is 0. The summed E-state index contributed by atoms with van der Waals surface area (Å²) in [6, 6.07) is 6.59. The molecule has 0 spiro atoms. The Morgan fingerprint density at radius 1 is 1.17 bits per heavy atom. The molecule has 0 heterocycles. The van der Waals surface area contributed by atoms with E-state index in [9.17, 15) is 0 Å². The number of aryl methyl sites for hydroxylation is 1. The lowest BCUT2D eigenvalue weighted by molar-refractivity contribution is 0.397. The molecule has 1 aromatic carbocycles. The molecule has 0 N–H and O–H groups in total. The summed E-state index contributed by atoms with van der Waals surface area (Å²) in [5.74, 6) is 1.92. The number of rotatable bonds is 6. The highest BCUT2D eigenvalue weighted by Crippen LogP contribution is 2.31. The van der Waals surface area contributed by atoms with Crippen molar-refractivity contribution in [2.45, 2.75) is 58.3 Å². The maximum absolute atomic E-state index is 5.33. The Hall–Kier alpha value is -0.980. The van der Waals surface area contributed by atoms with Gasteiger partial charge in [-0.15, -0.1) is 0 Å². The maximum Gasteiger partial charge on any atom is 0.119 e. The third-order valence-corrected chi connectivity index (χ3v) is 4.21. The highest BCUT2D eigenvalue weighted by Gasteiger charge is 2.18. The average Bonchev–Trinajstić information content (AvgIpc) is 2.42. The molecule has 0 radical (unpaired) electrons. The van der Waals surface area contributed by atoms with Gasteiger partial charge in [0.25, 0.3) is 0 Å². The van der Waals surface area contributed by atoms with Crippen LogP contribution in [0.25, 0.3) is 0 Å². The predicted octanol–water partition coefficient (Wildman–Crippen LogP) is 4.77. The van der Waals surface area contributed by atoms with Gasteiger partial charge < -0.3 is 4.74 Å². The molecule has 0 saturated heterocycles. The van der Waals surface area contributed by atoms with Crippen LogP contribution >= 0.6 is 0 Å². The molecule has 1 aliphatic carbocycles. The SMILES string of the molecule is CCCCCCC1CCc2ccc(OC)cc2C1. The Balaban J connectivity index is 1.88. The standard InChI is InChI=1S/C17H26O/c1-3-4-5-6-7-14-8-9-15-10-11-17(18-2)13-16(15)12-14/h10-11,13-14H,3-9,12H2,1-2H3. The summed E-state index contributed by atoms with van der Waals surface area (Å²) in [5, 5.41) is 0. The average molecular weight is 246 g/mol. The van der Waals surface area contributed by atoms with Gasteiger partial charge in [-0.3, -0.25) is 0 Å². The van der Waals surface area contributed by atoms with E-state index >= 15 is 0 Å². The number of fused-ring (bicyclic) bond motifs is 1. The molecular formula is C17H26O. The number of methoxy groups -OCH3 is 1. The summed E-state index contributed by atoms with van der Waals surface area (Å²) in [5.41, 5.74) is 3.07. The molecule has 2 rings (SSSR count). The van der Waals surface area contributed by atoms with Crippen LogP contribution in [0.4, 0.5) is 0 Å². The second-order valence-corrected chi connectivity index (χ2v) is 5.59. The molecule has 18 heavy (non-hydrogen) atoms. The van der Waals surface area contributed by atoms with Crippen LogP contribution in [-0.4, -0.2) is 7.11 Å². The topological polar surface area (TPSA) is 9.23 Å². The molecule has 1 heteroatoms. The summed E-state index contributed by atoms with van der Waals surface area (Å²) in [6.07, 6.45) is 10.9. The van der Waals surface area contributed by atoms with Gasteiger partial charge in [0, 0.05) is 0 Å². The van der Waals surface area contributed by atoms with Gasteiger partial charge >= 0.3 is 0 Å². The van der Waals surface area contributed by atoms with Crippen molar-refractivity contribution < 1.29 is 4.74 Å². The number of unbranched alkanes of at least 4 members (excludes halogenated alkanes) is 3. The summed E-state index contributed by atoms with van der Waals surface area (Å²) in [6.45, 7) is 2.28. The van der Waals surface area contributed by atoms with E-state index in [1.807, 2.05) is 0 Å². The van der Waals surface area contributed by atoms with Gasteiger partial charge in [-0.1, -0.05) is 45.1 Å². The molecule has 1 unspecified atom stereocenters. The van der Waals surface area contributed by atoms with Crippen molar-refractivity contribution in [3.63, 3.8) is 0 Å². The lowest BCUT2D eigenvalue weighted by Crippen LogP contribution is -2.14. The van der Waals surface area contributed by atoms with Crippen molar-refractivity contribution in [1.82, 2.24) is 0 Å². The fraction of sp³-hybridized carbons (Fsp3) is 0.647. The van der Waals surface area contributed by atoms with Crippen molar-refractivity contribution in [3.8, 4) is 5.75 Å². The van der Waals surface area contributed by atoms with Gasteiger partial charge in [0.15, 0.2) is 0 Å². The Kier molecular flexibility index (Phi) is 5.10. The van der Waals surface area contributed by atoms with Crippen molar-refractivity contribution in [1.29, 1.82) is 0 Å². The van der Waals surface area contributed by atoms with Gasteiger partial charge in [0.05, 0.1) is 7.11 Å². The summed E-state index contributed by atoms with van der Waals surface area (Å²) in [7, 11) is 1.76. The highest BCUT2D eigenvalue weighted by atomic mass is 16.5. The second-order valence-electron chi connectivity index (χ2n) is 5.59. The van der Waals surface area contributed by atoms with E-state index < -0.39 is 0 Å². The molecule has 0 bridgehead atoms. The zero-order valence-electron chi connectivity index (χ0n) is 11.9. The van der Waals surface area contributed by atoms with Gasteiger partial charge in [0.2, 0.25) is 0 Å². The third kappa shape index (κ3) is 3.51. The molecule has 0 fully saturated rings. The van der Waals surface area contributed by atoms with Crippen LogP contribution in [0.5, 0.6) is 5.75 Å². The van der Waals surface area contributed by atoms with Crippen molar-refractivity contribution >= 4 is 0 Å². The van der Waals surface area contributed by atoms with E-state index in [4.69, 9.17) is 4.74 Å². The van der Waals surface area contributed by atoms with E-state index in [2.05, 4.69) is 25.1 Å². The maximum atomic E-state index is 5.33. The molecular weight excluding hydrogens is 220 g/mol. The van der Waals surface area contributed by atoms with Crippen LogP contribution in [0.15, 0.2) is 18.2 Å². The Morgan fingerprint density at radius 3 is 2.83 bits per heavy atom. The number of ether oxygens (including phenoxy) is 1. The quantitative estimate of drug-likeness (QED) is 0.657. The first-order chi connectivity index (χ1) is 8.83. The predicted molar refractivity (Wildman–Crippen MR) is 77.3 cm³/mol. The zero-order valence-corrected chi connectivity index (χ0v) is 11.9. The number of hydrogen-bond acceptors (Lipinski definition) is 1. The molecule has 0 amide bonds. The molecule has 0 saturated carbocycles. The van der Waals surface area contributed by atoms with Crippen LogP contribution in [-0.2, 0) is 12.8 Å². The molecule has 1 nitrogen and oxygen atoms in total.